The molecule has 0 radical (unpaired) electrons. The van der Waals surface area contributed by atoms with Crippen LogP contribution in [0.25, 0.3) is 44.5 Å². The molecule has 3 fully saturated rings. The molecule has 3 atom stereocenters. The summed E-state index contributed by atoms with van der Waals surface area (Å²) in [5.74, 6) is 3.13. The summed E-state index contributed by atoms with van der Waals surface area (Å²) >= 11 is 0. The van der Waals surface area contributed by atoms with E-state index in [0.29, 0.717) is 11.8 Å². The van der Waals surface area contributed by atoms with Gasteiger partial charge in [-0.15, -0.1) is 0 Å². The molecule has 0 N–H and O–H groups in total. The van der Waals surface area contributed by atoms with E-state index >= 15 is 0 Å². The average Bonchev–Trinajstić information content (AvgIpc) is 4.00. The standard InChI is InChI=1S/C58H55N/c1-58(2)54-24-14-13-22-50(54)52-35-36-55(56(57(52)58)51-23-12-11-21-49(51)41-17-7-4-8-18-41)59(46-33-29-43(30-34-46)53-38-39-25-26-44(53)37-39)45-31-27-42(28-32-45)48-20-10-9-19-47(48)40-15-5-3-6-16-40/h4,7-14,17-24,27-36,39-40,44,53H,3,5-6,15-16,25-26,37-38H2,1-2H3. The van der Waals surface area contributed by atoms with E-state index in [1.807, 2.05) is 0 Å². The van der Waals surface area contributed by atoms with Crippen LogP contribution in [0.4, 0.5) is 17.1 Å². The van der Waals surface area contributed by atoms with Crippen LogP contribution in [-0.2, 0) is 5.41 Å². The monoisotopic (exact) mass is 765 g/mol. The van der Waals surface area contributed by atoms with Gasteiger partial charge in [0.25, 0.3) is 0 Å². The van der Waals surface area contributed by atoms with Gasteiger partial charge in [-0.3, -0.25) is 0 Å². The summed E-state index contributed by atoms with van der Waals surface area (Å²) in [4.78, 5) is 2.57. The van der Waals surface area contributed by atoms with Crippen LogP contribution in [0.1, 0.15) is 106 Å². The van der Waals surface area contributed by atoms with Gasteiger partial charge in [-0.05, 0) is 147 Å². The summed E-state index contributed by atoms with van der Waals surface area (Å²) in [5.41, 5.74) is 19.7. The lowest BCUT2D eigenvalue weighted by atomic mass is 9.77. The molecule has 0 spiro atoms. The lowest BCUT2D eigenvalue weighted by molar-refractivity contribution is 0.420. The summed E-state index contributed by atoms with van der Waals surface area (Å²) in [6.07, 6.45) is 12.3. The molecule has 7 aromatic carbocycles. The minimum absolute atomic E-state index is 0.203. The molecule has 3 unspecified atom stereocenters. The van der Waals surface area contributed by atoms with Crippen LogP contribution in [0.2, 0.25) is 0 Å². The third-order valence-corrected chi connectivity index (χ3v) is 15.0. The van der Waals surface area contributed by atoms with Crippen molar-refractivity contribution in [2.75, 3.05) is 4.90 Å². The normalized spacial score (nSPS) is 20.3. The minimum Gasteiger partial charge on any atom is -0.310 e. The number of rotatable bonds is 8. The smallest absolute Gasteiger partial charge is 0.0543 e. The van der Waals surface area contributed by atoms with Gasteiger partial charge in [0.05, 0.1) is 5.69 Å². The van der Waals surface area contributed by atoms with Crippen LogP contribution in [0, 0.1) is 11.8 Å². The van der Waals surface area contributed by atoms with Crippen molar-refractivity contribution >= 4 is 17.1 Å². The molecule has 2 bridgehead atoms. The Kier molecular flexibility index (Phi) is 9.18. The highest BCUT2D eigenvalue weighted by molar-refractivity contribution is 6.01. The Hall–Kier alpha value is -5.66. The third-order valence-electron chi connectivity index (χ3n) is 15.0. The first-order valence-corrected chi connectivity index (χ1v) is 22.5. The van der Waals surface area contributed by atoms with Crippen LogP contribution < -0.4 is 4.90 Å². The number of benzene rings is 7. The van der Waals surface area contributed by atoms with E-state index in [-0.39, 0.29) is 5.41 Å². The first kappa shape index (κ1) is 36.4. The van der Waals surface area contributed by atoms with Crippen LogP contribution in [0.3, 0.4) is 0 Å². The highest BCUT2D eigenvalue weighted by atomic mass is 15.1. The first-order chi connectivity index (χ1) is 29.0. The second kappa shape index (κ2) is 14.9. The zero-order valence-corrected chi connectivity index (χ0v) is 34.7. The lowest BCUT2D eigenvalue weighted by Crippen LogP contribution is -2.19. The largest absolute Gasteiger partial charge is 0.310 e. The number of anilines is 3. The van der Waals surface area contributed by atoms with Crippen molar-refractivity contribution < 1.29 is 0 Å². The molecule has 59 heavy (non-hydrogen) atoms. The molecular formula is C58H55N. The topological polar surface area (TPSA) is 3.24 Å². The van der Waals surface area contributed by atoms with Crippen LogP contribution >= 0.6 is 0 Å². The van der Waals surface area contributed by atoms with Crippen LogP contribution in [-0.4, -0.2) is 0 Å². The van der Waals surface area contributed by atoms with Gasteiger partial charge < -0.3 is 4.90 Å². The highest BCUT2D eigenvalue weighted by Crippen LogP contribution is 2.58. The molecule has 4 aliphatic rings. The Balaban J connectivity index is 1.11. The van der Waals surface area contributed by atoms with Crippen molar-refractivity contribution in [3.05, 3.63) is 186 Å². The van der Waals surface area contributed by atoms with Crippen molar-refractivity contribution in [3.63, 3.8) is 0 Å². The van der Waals surface area contributed by atoms with E-state index in [2.05, 4.69) is 183 Å². The molecule has 0 aliphatic heterocycles. The second-order valence-corrected chi connectivity index (χ2v) is 18.6. The predicted octanol–water partition coefficient (Wildman–Crippen LogP) is 16.4. The molecule has 1 nitrogen and oxygen atoms in total. The Morgan fingerprint density at radius 1 is 0.475 bits per heavy atom. The quantitative estimate of drug-likeness (QED) is 0.149. The van der Waals surface area contributed by atoms with Gasteiger partial charge in [-0.2, -0.15) is 0 Å². The SMILES string of the molecule is CC1(C)c2ccccc2-c2ccc(N(c3ccc(-c4ccccc4C4CCCCC4)cc3)c3ccc(C4CC5CCC4C5)cc3)c(-c3ccccc3-c3ccccc3)c21. The molecule has 1 heteroatoms. The Bertz CT molecular complexity index is 2630. The maximum absolute atomic E-state index is 2.57. The Morgan fingerprint density at radius 3 is 1.81 bits per heavy atom. The number of fused-ring (bicyclic) bond motifs is 5. The zero-order valence-electron chi connectivity index (χ0n) is 34.7. The van der Waals surface area contributed by atoms with Gasteiger partial charge in [0.15, 0.2) is 0 Å². The van der Waals surface area contributed by atoms with Gasteiger partial charge in [0.1, 0.15) is 0 Å². The van der Waals surface area contributed by atoms with Crippen molar-refractivity contribution in [1.29, 1.82) is 0 Å². The third kappa shape index (κ3) is 6.28. The maximum Gasteiger partial charge on any atom is 0.0543 e. The number of hydrogen-bond acceptors (Lipinski definition) is 1. The molecular weight excluding hydrogens is 711 g/mol. The minimum atomic E-state index is -0.203. The van der Waals surface area contributed by atoms with E-state index < -0.39 is 0 Å². The second-order valence-electron chi connectivity index (χ2n) is 18.6. The maximum atomic E-state index is 2.57. The first-order valence-electron chi connectivity index (χ1n) is 22.5. The summed E-state index contributed by atoms with van der Waals surface area (Å²) < 4.78 is 0. The van der Waals surface area contributed by atoms with Gasteiger partial charge >= 0.3 is 0 Å². The van der Waals surface area contributed by atoms with Crippen LogP contribution in [0.5, 0.6) is 0 Å². The van der Waals surface area contributed by atoms with E-state index in [0.717, 1.165) is 11.8 Å². The zero-order chi connectivity index (χ0) is 39.5. The van der Waals surface area contributed by atoms with Gasteiger partial charge in [-0.1, -0.05) is 173 Å². The fraction of sp³-hybridized carbons (Fsp3) is 0.276. The molecule has 0 aromatic heterocycles. The molecule has 292 valence electrons. The lowest BCUT2D eigenvalue weighted by Gasteiger charge is -2.33. The predicted molar refractivity (Wildman–Crippen MR) is 249 cm³/mol. The summed E-state index contributed by atoms with van der Waals surface area (Å²) in [6, 6.07) is 62.5. The van der Waals surface area contributed by atoms with Gasteiger partial charge in [-0.25, -0.2) is 0 Å². The summed E-state index contributed by atoms with van der Waals surface area (Å²) in [7, 11) is 0. The van der Waals surface area contributed by atoms with E-state index in [1.54, 1.807) is 0 Å². The highest BCUT2D eigenvalue weighted by Gasteiger charge is 2.41. The number of nitrogens with zero attached hydrogens (tertiary/aromatic N) is 1. The van der Waals surface area contributed by atoms with Crippen molar-refractivity contribution in [1.82, 2.24) is 0 Å². The Morgan fingerprint density at radius 2 is 1.10 bits per heavy atom. The van der Waals surface area contributed by atoms with E-state index in [4.69, 9.17) is 0 Å². The molecule has 0 saturated heterocycles. The Labute approximate surface area is 351 Å². The molecule has 4 aliphatic carbocycles. The molecule has 7 aromatic rings. The number of hydrogen-bond donors (Lipinski definition) is 0. The molecule has 0 heterocycles. The average molecular weight is 766 g/mol. The fourth-order valence-corrected chi connectivity index (χ4v) is 12.2. The van der Waals surface area contributed by atoms with Crippen molar-refractivity contribution in [3.8, 4) is 44.5 Å². The van der Waals surface area contributed by atoms with E-state index in [9.17, 15) is 0 Å². The summed E-state index contributed by atoms with van der Waals surface area (Å²) in [5, 5.41) is 0. The van der Waals surface area contributed by atoms with Crippen molar-refractivity contribution in [2.24, 2.45) is 11.8 Å². The van der Waals surface area contributed by atoms with E-state index in [1.165, 1.54) is 142 Å². The fourth-order valence-electron chi connectivity index (χ4n) is 12.2. The molecule has 0 amide bonds. The van der Waals surface area contributed by atoms with Gasteiger partial charge in [0.2, 0.25) is 0 Å². The molecule has 11 rings (SSSR count). The van der Waals surface area contributed by atoms with Gasteiger partial charge in [0, 0.05) is 22.4 Å². The van der Waals surface area contributed by atoms with Crippen LogP contribution in [0.15, 0.2) is 164 Å². The molecule has 3 saturated carbocycles. The van der Waals surface area contributed by atoms with Crippen molar-refractivity contribution in [2.45, 2.75) is 88.9 Å². The summed E-state index contributed by atoms with van der Waals surface area (Å²) in [6.45, 7) is 4.87.